The summed E-state index contributed by atoms with van der Waals surface area (Å²) in [5.74, 6) is 0.102. The first-order valence-corrected chi connectivity index (χ1v) is 7.43. The van der Waals surface area contributed by atoms with Crippen molar-refractivity contribution in [1.29, 1.82) is 0 Å². The maximum atomic E-state index is 12.4. The summed E-state index contributed by atoms with van der Waals surface area (Å²) in [6.07, 6.45) is 5.71. The van der Waals surface area contributed by atoms with Crippen LogP contribution in [0, 0.1) is 0 Å². The molecule has 106 valence electrons. The van der Waals surface area contributed by atoms with Gasteiger partial charge in [-0.1, -0.05) is 60.7 Å². The Morgan fingerprint density at radius 3 is 2.38 bits per heavy atom. The summed E-state index contributed by atoms with van der Waals surface area (Å²) in [4.78, 5) is 14.4. The quantitative estimate of drug-likeness (QED) is 0.775. The molecule has 2 aromatic carbocycles. The molecule has 1 aliphatic rings. The third kappa shape index (κ3) is 3.22. The second-order valence-electron chi connectivity index (χ2n) is 5.34. The van der Waals surface area contributed by atoms with Crippen LogP contribution in [-0.2, 0) is 4.79 Å². The predicted octanol–water partition coefficient (Wildman–Crippen LogP) is 4.06. The van der Waals surface area contributed by atoms with Crippen LogP contribution < -0.4 is 0 Å². The number of carbonyl (C=O) groups excluding carboxylic acids is 1. The Kier molecular flexibility index (Phi) is 4.15. The Morgan fingerprint density at radius 1 is 1.00 bits per heavy atom. The third-order valence-corrected chi connectivity index (χ3v) is 3.94. The summed E-state index contributed by atoms with van der Waals surface area (Å²) in [6.45, 7) is 0.845. The third-order valence-electron chi connectivity index (χ3n) is 3.94. The Labute approximate surface area is 125 Å². The van der Waals surface area contributed by atoms with E-state index in [1.807, 2.05) is 59.5 Å². The molecule has 3 rings (SSSR count). The lowest BCUT2D eigenvalue weighted by molar-refractivity contribution is -0.126. The van der Waals surface area contributed by atoms with Gasteiger partial charge in [0, 0.05) is 12.6 Å². The maximum Gasteiger partial charge on any atom is 0.247 e. The number of benzene rings is 2. The van der Waals surface area contributed by atoms with E-state index >= 15 is 0 Å². The lowest BCUT2D eigenvalue weighted by Crippen LogP contribution is -2.28. The first-order valence-electron chi connectivity index (χ1n) is 7.43. The molecule has 0 aliphatic carbocycles. The van der Waals surface area contributed by atoms with Crippen LogP contribution in [0.4, 0.5) is 0 Å². The van der Waals surface area contributed by atoms with Crippen LogP contribution >= 0.6 is 0 Å². The summed E-state index contributed by atoms with van der Waals surface area (Å²) in [5, 5.41) is 0. The van der Waals surface area contributed by atoms with Crippen molar-refractivity contribution in [2.24, 2.45) is 0 Å². The number of rotatable bonds is 3. The van der Waals surface area contributed by atoms with Crippen molar-refractivity contribution in [3.63, 3.8) is 0 Å². The molecule has 1 fully saturated rings. The zero-order valence-corrected chi connectivity index (χ0v) is 12.0. The number of hydrogen-bond acceptors (Lipinski definition) is 1. The molecule has 0 aromatic heterocycles. The number of amides is 1. The SMILES string of the molecule is O=C(C=Cc1ccccc1)N1CCCC1c1ccccc1. The number of carbonyl (C=O) groups is 1. The number of likely N-dealkylation sites (tertiary alicyclic amines) is 1. The van der Waals surface area contributed by atoms with Gasteiger partial charge in [-0.05, 0) is 30.0 Å². The summed E-state index contributed by atoms with van der Waals surface area (Å²) < 4.78 is 0. The van der Waals surface area contributed by atoms with Crippen molar-refractivity contribution in [2.45, 2.75) is 18.9 Å². The van der Waals surface area contributed by atoms with Crippen molar-refractivity contribution in [1.82, 2.24) is 4.90 Å². The van der Waals surface area contributed by atoms with Gasteiger partial charge >= 0.3 is 0 Å². The van der Waals surface area contributed by atoms with Crippen LogP contribution in [0.3, 0.4) is 0 Å². The highest BCUT2D eigenvalue weighted by Crippen LogP contribution is 2.31. The molecular formula is C19H19NO. The van der Waals surface area contributed by atoms with Gasteiger partial charge in [-0.2, -0.15) is 0 Å². The molecule has 1 saturated heterocycles. The molecule has 1 aliphatic heterocycles. The van der Waals surface area contributed by atoms with E-state index in [0.717, 1.165) is 24.9 Å². The molecule has 1 amide bonds. The highest BCUT2D eigenvalue weighted by Gasteiger charge is 2.28. The van der Waals surface area contributed by atoms with E-state index in [4.69, 9.17) is 0 Å². The Bertz CT molecular complexity index is 619. The Hall–Kier alpha value is -2.35. The average molecular weight is 277 g/mol. The molecule has 0 spiro atoms. The largest absolute Gasteiger partial charge is 0.332 e. The monoisotopic (exact) mass is 277 g/mol. The average Bonchev–Trinajstić information content (AvgIpc) is 3.04. The molecule has 1 atom stereocenters. The number of nitrogens with zero attached hydrogens (tertiary/aromatic N) is 1. The summed E-state index contributed by atoms with van der Waals surface area (Å²) >= 11 is 0. The van der Waals surface area contributed by atoms with E-state index in [0.29, 0.717) is 0 Å². The minimum absolute atomic E-state index is 0.102. The van der Waals surface area contributed by atoms with E-state index in [1.54, 1.807) is 6.08 Å². The van der Waals surface area contributed by atoms with Gasteiger partial charge in [0.1, 0.15) is 0 Å². The topological polar surface area (TPSA) is 20.3 Å². The zero-order valence-electron chi connectivity index (χ0n) is 12.0. The van der Waals surface area contributed by atoms with Crippen LogP contribution in [0.1, 0.15) is 30.0 Å². The first kappa shape index (κ1) is 13.6. The van der Waals surface area contributed by atoms with E-state index in [1.165, 1.54) is 5.56 Å². The summed E-state index contributed by atoms with van der Waals surface area (Å²) in [7, 11) is 0. The molecule has 0 bridgehead atoms. The molecule has 1 heterocycles. The highest BCUT2D eigenvalue weighted by atomic mass is 16.2. The van der Waals surface area contributed by atoms with Gasteiger partial charge in [0.25, 0.3) is 0 Å². The molecular weight excluding hydrogens is 258 g/mol. The predicted molar refractivity (Wildman–Crippen MR) is 85.6 cm³/mol. The van der Waals surface area contributed by atoms with Crippen molar-refractivity contribution in [3.05, 3.63) is 77.9 Å². The lowest BCUT2D eigenvalue weighted by Gasteiger charge is -2.23. The molecule has 0 saturated carbocycles. The van der Waals surface area contributed by atoms with Crippen molar-refractivity contribution in [2.75, 3.05) is 6.54 Å². The first-order chi connectivity index (χ1) is 10.3. The summed E-state index contributed by atoms with van der Waals surface area (Å²) in [6, 6.07) is 20.5. The normalized spacial score (nSPS) is 18.3. The second-order valence-corrected chi connectivity index (χ2v) is 5.34. The van der Waals surface area contributed by atoms with E-state index in [-0.39, 0.29) is 11.9 Å². The second kappa shape index (κ2) is 6.40. The maximum absolute atomic E-state index is 12.4. The number of hydrogen-bond donors (Lipinski definition) is 0. The highest BCUT2D eigenvalue weighted by molar-refractivity contribution is 5.92. The molecule has 0 radical (unpaired) electrons. The Balaban J connectivity index is 1.73. The van der Waals surface area contributed by atoms with Crippen LogP contribution in [-0.4, -0.2) is 17.4 Å². The lowest BCUT2D eigenvalue weighted by atomic mass is 10.0. The van der Waals surface area contributed by atoms with Crippen LogP contribution in [0.15, 0.2) is 66.7 Å². The van der Waals surface area contributed by atoms with Crippen molar-refractivity contribution in [3.8, 4) is 0 Å². The standard InChI is InChI=1S/C19H19NO/c21-19(14-13-16-8-3-1-4-9-16)20-15-7-12-18(20)17-10-5-2-6-11-17/h1-6,8-11,13-14,18H,7,12,15H2. The summed E-state index contributed by atoms with van der Waals surface area (Å²) in [5.41, 5.74) is 2.29. The van der Waals surface area contributed by atoms with Crippen molar-refractivity contribution >= 4 is 12.0 Å². The minimum Gasteiger partial charge on any atom is -0.332 e. The fraction of sp³-hybridized carbons (Fsp3) is 0.211. The van der Waals surface area contributed by atoms with Crippen LogP contribution in [0.5, 0.6) is 0 Å². The van der Waals surface area contributed by atoms with Gasteiger partial charge in [0.05, 0.1) is 6.04 Å². The van der Waals surface area contributed by atoms with Gasteiger partial charge in [-0.25, -0.2) is 0 Å². The fourth-order valence-electron chi connectivity index (χ4n) is 2.88. The Morgan fingerprint density at radius 2 is 1.67 bits per heavy atom. The fourth-order valence-corrected chi connectivity index (χ4v) is 2.88. The molecule has 2 heteroatoms. The van der Waals surface area contributed by atoms with Crippen molar-refractivity contribution < 1.29 is 4.79 Å². The van der Waals surface area contributed by atoms with Gasteiger partial charge in [-0.15, -0.1) is 0 Å². The van der Waals surface area contributed by atoms with Gasteiger partial charge in [-0.3, -0.25) is 4.79 Å². The molecule has 0 N–H and O–H groups in total. The van der Waals surface area contributed by atoms with Gasteiger partial charge in [0.15, 0.2) is 0 Å². The minimum atomic E-state index is 0.102. The molecule has 2 nitrogen and oxygen atoms in total. The molecule has 1 unspecified atom stereocenters. The van der Waals surface area contributed by atoms with Crippen LogP contribution in [0.2, 0.25) is 0 Å². The van der Waals surface area contributed by atoms with E-state index in [9.17, 15) is 4.79 Å². The smallest absolute Gasteiger partial charge is 0.247 e. The van der Waals surface area contributed by atoms with Crippen LogP contribution in [0.25, 0.3) is 6.08 Å². The van der Waals surface area contributed by atoms with Gasteiger partial charge in [0.2, 0.25) is 5.91 Å². The van der Waals surface area contributed by atoms with Gasteiger partial charge < -0.3 is 4.90 Å². The molecule has 2 aromatic rings. The van der Waals surface area contributed by atoms with E-state index in [2.05, 4.69) is 12.1 Å². The zero-order chi connectivity index (χ0) is 14.5. The van der Waals surface area contributed by atoms with E-state index < -0.39 is 0 Å². The molecule has 21 heavy (non-hydrogen) atoms.